The summed E-state index contributed by atoms with van der Waals surface area (Å²) in [4.78, 5) is 52.9. The van der Waals surface area contributed by atoms with Crippen molar-refractivity contribution in [2.75, 3.05) is 10.2 Å². The van der Waals surface area contributed by atoms with E-state index in [1.165, 1.54) is 29.3 Å². The molecule has 0 aromatic heterocycles. The van der Waals surface area contributed by atoms with Crippen LogP contribution in [0.5, 0.6) is 0 Å². The van der Waals surface area contributed by atoms with Crippen LogP contribution in [0.15, 0.2) is 77.9 Å². The topological polar surface area (TPSA) is 125 Å². The molecule has 1 unspecified atom stereocenters. The average molecular weight is 516 g/mol. The van der Waals surface area contributed by atoms with Gasteiger partial charge in [0.15, 0.2) is 0 Å². The van der Waals surface area contributed by atoms with Gasteiger partial charge >= 0.3 is 0 Å². The predicted octanol–water partition coefficient (Wildman–Crippen LogP) is 3.77. The highest BCUT2D eigenvalue weighted by molar-refractivity contribution is 6.30. The predicted molar refractivity (Wildman–Crippen MR) is 135 cm³/mol. The van der Waals surface area contributed by atoms with Gasteiger partial charge in [0.2, 0.25) is 17.7 Å². The number of nitro benzene ring substituents is 1. The molecular weight excluding hydrogens is 498 g/mol. The lowest BCUT2D eigenvalue weighted by Gasteiger charge is -2.33. The number of hydrogen-bond donors (Lipinski definition) is 1. The Balaban J connectivity index is 1.44. The van der Waals surface area contributed by atoms with E-state index in [0.717, 1.165) is 16.0 Å². The molecule has 0 spiro atoms. The van der Waals surface area contributed by atoms with Crippen molar-refractivity contribution in [3.05, 3.63) is 99.1 Å². The summed E-state index contributed by atoms with van der Waals surface area (Å²) in [6, 6.07) is 17.5. The molecule has 37 heavy (non-hydrogen) atoms. The van der Waals surface area contributed by atoms with Crippen LogP contribution in [0.25, 0.3) is 0 Å². The molecule has 3 aliphatic rings. The Morgan fingerprint density at radius 3 is 2.46 bits per heavy atom. The van der Waals surface area contributed by atoms with Gasteiger partial charge in [0.25, 0.3) is 5.69 Å². The third kappa shape index (κ3) is 3.56. The second-order valence-electron chi connectivity index (χ2n) is 8.98. The zero-order valence-electron chi connectivity index (χ0n) is 19.0. The van der Waals surface area contributed by atoms with Crippen LogP contribution >= 0.6 is 11.6 Å². The molecule has 6 rings (SSSR count). The van der Waals surface area contributed by atoms with Crippen molar-refractivity contribution in [3.63, 3.8) is 0 Å². The van der Waals surface area contributed by atoms with Crippen molar-refractivity contribution in [1.82, 2.24) is 5.01 Å². The molecule has 0 saturated carbocycles. The van der Waals surface area contributed by atoms with Crippen LogP contribution in [-0.4, -0.2) is 39.9 Å². The molecule has 3 aliphatic heterocycles. The van der Waals surface area contributed by atoms with Gasteiger partial charge in [-0.1, -0.05) is 41.9 Å². The lowest BCUT2D eigenvalue weighted by atomic mass is 9.85. The largest absolute Gasteiger partial charge is 0.324 e. The molecule has 0 bridgehead atoms. The normalized spacial score (nSPS) is 23.5. The standard InChI is InChI=1S/C26H18ClN5O5/c27-15-8-10-16(11-9-15)29-24(33)23-21-20(22-19-7-2-1-4-14(19)13-28-31(22)23)25(34)30(26(21)35)17-5-3-6-18(12-17)32(36)37/h1-13,20-23H,(H,29,33)/t20-,21+,22?,23-/m0/s1. The maximum Gasteiger partial charge on any atom is 0.271 e. The van der Waals surface area contributed by atoms with Crippen LogP contribution in [0, 0.1) is 22.0 Å². The highest BCUT2D eigenvalue weighted by Gasteiger charge is 2.65. The number of carbonyl (C=O) groups excluding carboxylic acids is 3. The average Bonchev–Trinajstić information content (AvgIpc) is 3.38. The fourth-order valence-electron chi connectivity index (χ4n) is 5.42. The Kier molecular flexibility index (Phi) is 5.27. The smallest absolute Gasteiger partial charge is 0.271 e. The first kappa shape index (κ1) is 22.9. The number of imide groups is 1. The summed E-state index contributed by atoms with van der Waals surface area (Å²) in [5, 5.41) is 20.7. The van der Waals surface area contributed by atoms with E-state index in [-0.39, 0.29) is 11.4 Å². The van der Waals surface area contributed by atoms with E-state index >= 15 is 0 Å². The molecule has 2 saturated heterocycles. The SMILES string of the molecule is O=C(Nc1ccc(Cl)cc1)[C@@H]1[C@@H]2C(=O)N(c3cccc([N+](=O)[O-])c3)C(=O)[C@@H]2C2c3ccccc3C=NN21. The van der Waals surface area contributed by atoms with Crippen molar-refractivity contribution in [3.8, 4) is 0 Å². The molecule has 3 amide bonds. The first-order chi connectivity index (χ1) is 17.8. The third-order valence-electron chi connectivity index (χ3n) is 6.97. The Hall–Kier alpha value is -4.57. The fourth-order valence-corrected chi connectivity index (χ4v) is 5.54. The number of hydrogen-bond acceptors (Lipinski definition) is 7. The summed E-state index contributed by atoms with van der Waals surface area (Å²) in [5.41, 5.74) is 1.88. The van der Waals surface area contributed by atoms with Gasteiger partial charge in [0.05, 0.1) is 34.7 Å². The van der Waals surface area contributed by atoms with Gasteiger partial charge in [-0.2, -0.15) is 5.10 Å². The lowest BCUT2D eigenvalue weighted by molar-refractivity contribution is -0.384. The highest BCUT2D eigenvalue weighted by atomic mass is 35.5. The van der Waals surface area contributed by atoms with E-state index in [0.29, 0.717) is 10.7 Å². The zero-order valence-corrected chi connectivity index (χ0v) is 19.8. The molecule has 1 N–H and O–H groups in total. The first-order valence-electron chi connectivity index (χ1n) is 11.4. The zero-order chi connectivity index (χ0) is 25.8. The molecule has 3 heterocycles. The second-order valence-corrected chi connectivity index (χ2v) is 9.42. The van der Waals surface area contributed by atoms with Gasteiger partial charge in [-0.25, -0.2) is 4.90 Å². The molecule has 10 nitrogen and oxygen atoms in total. The van der Waals surface area contributed by atoms with Crippen LogP contribution in [0.1, 0.15) is 17.2 Å². The molecule has 4 atom stereocenters. The van der Waals surface area contributed by atoms with Gasteiger partial charge in [0.1, 0.15) is 6.04 Å². The first-order valence-corrected chi connectivity index (χ1v) is 11.8. The quantitative estimate of drug-likeness (QED) is 0.320. The molecule has 0 aliphatic carbocycles. The molecule has 184 valence electrons. The minimum absolute atomic E-state index is 0.0922. The van der Waals surface area contributed by atoms with E-state index in [1.54, 1.807) is 30.5 Å². The van der Waals surface area contributed by atoms with Crippen molar-refractivity contribution < 1.29 is 19.3 Å². The Morgan fingerprint density at radius 2 is 1.70 bits per heavy atom. The Labute approximate surface area is 215 Å². The molecule has 11 heteroatoms. The maximum absolute atomic E-state index is 13.8. The minimum atomic E-state index is -1.09. The minimum Gasteiger partial charge on any atom is -0.324 e. The number of hydrazone groups is 1. The summed E-state index contributed by atoms with van der Waals surface area (Å²) in [6.07, 6.45) is 1.61. The van der Waals surface area contributed by atoms with Crippen LogP contribution < -0.4 is 10.2 Å². The fraction of sp³-hybridized carbons (Fsp3) is 0.154. The number of nitrogens with one attached hydrogen (secondary N) is 1. The Bertz CT molecular complexity index is 1510. The second kappa shape index (κ2) is 8.52. The number of rotatable bonds is 4. The van der Waals surface area contributed by atoms with Crippen LogP contribution in [0.3, 0.4) is 0 Å². The molecule has 0 radical (unpaired) electrons. The molecular formula is C26H18ClN5O5. The van der Waals surface area contributed by atoms with Crippen LogP contribution in [0.4, 0.5) is 17.1 Å². The lowest BCUT2D eigenvalue weighted by Crippen LogP contribution is -2.46. The highest BCUT2D eigenvalue weighted by Crippen LogP contribution is 2.52. The molecule has 3 aromatic carbocycles. The summed E-state index contributed by atoms with van der Waals surface area (Å²) < 4.78 is 0. The van der Waals surface area contributed by atoms with Crippen molar-refractivity contribution in [1.29, 1.82) is 0 Å². The number of amides is 3. The van der Waals surface area contributed by atoms with Crippen molar-refractivity contribution in [2.45, 2.75) is 12.1 Å². The summed E-state index contributed by atoms with van der Waals surface area (Å²) in [7, 11) is 0. The number of nitrogens with zero attached hydrogens (tertiary/aromatic N) is 4. The van der Waals surface area contributed by atoms with Gasteiger partial charge in [-0.15, -0.1) is 0 Å². The summed E-state index contributed by atoms with van der Waals surface area (Å²) in [6.45, 7) is 0. The van der Waals surface area contributed by atoms with E-state index in [9.17, 15) is 24.5 Å². The van der Waals surface area contributed by atoms with Crippen molar-refractivity contribution in [2.24, 2.45) is 16.9 Å². The van der Waals surface area contributed by atoms with E-state index in [2.05, 4.69) is 10.4 Å². The number of carbonyl (C=O) groups is 3. The number of nitro groups is 1. The summed E-state index contributed by atoms with van der Waals surface area (Å²) >= 11 is 5.96. The number of fused-ring (bicyclic) bond motifs is 5. The van der Waals surface area contributed by atoms with Crippen LogP contribution in [0.2, 0.25) is 5.02 Å². The number of benzene rings is 3. The van der Waals surface area contributed by atoms with E-state index in [1.807, 2.05) is 24.3 Å². The van der Waals surface area contributed by atoms with Crippen LogP contribution in [-0.2, 0) is 14.4 Å². The number of non-ortho nitro benzene ring substituents is 1. The van der Waals surface area contributed by atoms with Gasteiger partial charge < -0.3 is 5.32 Å². The van der Waals surface area contributed by atoms with Gasteiger partial charge in [0, 0.05) is 22.8 Å². The van der Waals surface area contributed by atoms with Crippen molar-refractivity contribution >= 4 is 52.6 Å². The van der Waals surface area contributed by atoms with Gasteiger partial charge in [-0.05, 0) is 41.5 Å². The summed E-state index contributed by atoms with van der Waals surface area (Å²) in [5.74, 6) is -3.59. The third-order valence-corrected chi connectivity index (χ3v) is 7.22. The number of halogens is 1. The monoisotopic (exact) mass is 515 g/mol. The van der Waals surface area contributed by atoms with E-state index < -0.39 is 46.6 Å². The molecule has 3 aromatic rings. The maximum atomic E-state index is 13.8. The molecule has 2 fully saturated rings. The van der Waals surface area contributed by atoms with Gasteiger partial charge in [-0.3, -0.25) is 29.5 Å². The number of anilines is 2. The Morgan fingerprint density at radius 1 is 0.973 bits per heavy atom. The van der Waals surface area contributed by atoms with E-state index in [4.69, 9.17) is 11.6 Å².